The van der Waals surface area contributed by atoms with Crippen molar-refractivity contribution in [3.63, 3.8) is 0 Å². The van der Waals surface area contributed by atoms with Crippen LogP contribution in [-0.4, -0.2) is 23.5 Å². The number of hydrogen-bond acceptors (Lipinski definition) is 3. The van der Waals surface area contributed by atoms with Gasteiger partial charge >= 0.3 is 6.03 Å². The van der Waals surface area contributed by atoms with Crippen molar-refractivity contribution in [2.75, 3.05) is 11.9 Å². The van der Waals surface area contributed by atoms with Gasteiger partial charge in [-0.05, 0) is 44.0 Å². The number of nitrogens with zero attached hydrogens (tertiary/aromatic N) is 1. The van der Waals surface area contributed by atoms with Gasteiger partial charge in [0.1, 0.15) is 0 Å². The molecule has 2 rings (SSSR count). The highest BCUT2D eigenvalue weighted by Gasteiger charge is 2.12. The van der Waals surface area contributed by atoms with Crippen molar-refractivity contribution in [3.05, 3.63) is 59.4 Å². The first-order chi connectivity index (χ1) is 11.5. The maximum Gasteiger partial charge on any atom is 0.315 e. The van der Waals surface area contributed by atoms with Crippen LogP contribution in [0.3, 0.4) is 0 Å². The van der Waals surface area contributed by atoms with Crippen LogP contribution in [0, 0.1) is 13.8 Å². The average molecular weight is 326 g/mol. The molecule has 2 aromatic rings. The Labute approximate surface area is 141 Å². The predicted octanol–water partition coefficient (Wildman–Crippen LogP) is 2.70. The van der Waals surface area contributed by atoms with Crippen LogP contribution in [-0.2, 0) is 4.79 Å². The lowest BCUT2D eigenvalue weighted by atomic mass is 10.0. The number of nitrogens with one attached hydrogen (secondary N) is 3. The molecule has 0 fully saturated rings. The third-order valence-electron chi connectivity index (χ3n) is 3.60. The summed E-state index contributed by atoms with van der Waals surface area (Å²) in [6, 6.07) is 9.04. The molecule has 0 bridgehead atoms. The molecule has 3 N–H and O–H groups in total. The van der Waals surface area contributed by atoms with Gasteiger partial charge in [0.15, 0.2) is 0 Å². The lowest BCUT2D eigenvalue weighted by molar-refractivity contribution is -0.115. The van der Waals surface area contributed by atoms with Crippen molar-refractivity contribution in [2.24, 2.45) is 0 Å². The lowest BCUT2D eigenvalue weighted by Crippen LogP contribution is -2.41. The molecule has 1 heterocycles. The van der Waals surface area contributed by atoms with E-state index in [0.717, 1.165) is 16.7 Å². The molecule has 6 heteroatoms. The number of rotatable bonds is 5. The predicted molar refractivity (Wildman–Crippen MR) is 93.7 cm³/mol. The zero-order valence-electron chi connectivity index (χ0n) is 14.1. The third kappa shape index (κ3) is 5.08. The van der Waals surface area contributed by atoms with E-state index in [4.69, 9.17) is 0 Å². The van der Waals surface area contributed by atoms with Gasteiger partial charge in [-0.3, -0.25) is 9.78 Å². The summed E-state index contributed by atoms with van der Waals surface area (Å²) in [5.74, 6) is -0.308. The van der Waals surface area contributed by atoms with E-state index in [2.05, 4.69) is 27.0 Å². The van der Waals surface area contributed by atoms with Crippen LogP contribution in [0.5, 0.6) is 0 Å². The monoisotopic (exact) mass is 326 g/mol. The maximum absolute atomic E-state index is 12.0. The molecule has 0 spiro atoms. The summed E-state index contributed by atoms with van der Waals surface area (Å²) < 4.78 is 0. The van der Waals surface area contributed by atoms with Crippen LogP contribution in [0.4, 0.5) is 10.5 Å². The van der Waals surface area contributed by atoms with E-state index in [1.807, 2.05) is 32.9 Å². The summed E-state index contributed by atoms with van der Waals surface area (Å²) in [5, 5.41) is 8.05. The molecule has 3 amide bonds. The normalized spacial score (nSPS) is 11.5. The molecule has 1 atom stereocenters. The number of hydrogen-bond donors (Lipinski definition) is 3. The molecule has 0 saturated carbocycles. The summed E-state index contributed by atoms with van der Waals surface area (Å²) in [7, 11) is 0. The quantitative estimate of drug-likeness (QED) is 0.790. The molecule has 0 radical (unpaired) electrons. The molecule has 0 aliphatic carbocycles. The van der Waals surface area contributed by atoms with Gasteiger partial charge in [0.05, 0.1) is 24.5 Å². The second kappa shape index (κ2) is 8.10. The SMILES string of the molecule is Cc1ccc(C)c([C@@H](C)NC(=O)NCC(=O)Nc2cccnc2)c1. The van der Waals surface area contributed by atoms with Gasteiger partial charge in [-0.1, -0.05) is 23.8 Å². The van der Waals surface area contributed by atoms with Crippen LogP contribution in [0.1, 0.15) is 29.7 Å². The Morgan fingerprint density at radius 1 is 1.21 bits per heavy atom. The highest BCUT2D eigenvalue weighted by molar-refractivity contribution is 5.94. The standard InChI is InChI=1S/C18H22N4O2/c1-12-6-7-13(2)16(9-12)14(3)21-18(24)20-11-17(23)22-15-5-4-8-19-10-15/h4-10,14H,11H2,1-3H3,(H,22,23)(H2,20,21,24)/t14-/m1/s1. The summed E-state index contributed by atoms with van der Waals surface area (Å²) in [5.41, 5.74) is 3.90. The minimum Gasteiger partial charge on any atom is -0.332 e. The van der Waals surface area contributed by atoms with Crippen molar-refractivity contribution in [1.29, 1.82) is 0 Å². The van der Waals surface area contributed by atoms with E-state index in [1.165, 1.54) is 0 Å². The van der Waals surface area contributed by atoms with Crippen LogP contribution >= 0.6 is 0 Å². The third-order valence-corrected chi connectivity index (χ3v) is 3.60. The van der Waals surface area contributed by atoms with Crippen molar-refractivity contribution in [1.82, 2.24) is 15.6 Å². The molecule has 126 valence electrons. The Kier molecular flexibility index (Phi) is 5.89. The minimum absolute atomic E-state index is 0.111. The van der Waals surface area contributed by atoms with Crippen LogP contribution in [0.25, 0.3) is 0 Å². The highest BCUT2D eigenvalue weighted by Crippen LogP contribution is 2.18. The second-order valence-corrected chi connectivity index (χ2v) is 5.70. The van der Waals surface area contributed by atoms with Gasteiger partial charge in [0.2, 0.25) is 5.91 Å². The zero-order valence-corrected chi connectivity index (χ0v) is 14.1. The number of pyridine rings is 1. The fraction of sp³-hybridized carbons (Fsp3) is 0.278. The van der Waals surface area contributed by atoms with Crippen molar-refractivity contribution in [2.45, 2.75) is 26.8 Å². The first-order valence-corrected chi connectivity index (χ1v) is 7.77. The number of aromatic nitrogens is 1. The van der Waals surface area contributed by atoms with E-state index < -0.39 is 0 Å². The van der Waals surface area contributed by atoms with E-state index in [-0.39, 0.29) is 24.5 Å². The van der Waals surface area contributed by atoms with E-state index >= 15 is 0 Å². The summed E-state index contributed by atoms with van der Waals surface area (Å²) >= 11 is 0. The summed E-state index contributed by atoms with van der Waals surface area (Å²) in [6.45, 7) is 5.82. The number of carbonyl (C=O) groups excluding carboxylic acids is 2. The van der Waals surface area contributed by atoms with Crippen molar-refractivity contribution >= 4 is 17.6 Å². The number of urea groups is 1. The Hall–Kier alpha value is -2.89. The van der Waals surface area contributed by atoms with Gasteiger partial charge in [-0.25, -0.2) is 4.79 Å². The first-order valence-electron chi connectivity index (χ1n) is 7.77. The number of amides is 3. The number of aryl methyl sites for hydroxylation is 2. The summed E-state index contributed by atoms with van der Waals surface area (Å²) in [6.07, 6.45) is 3.16. The Bertz CT molecular complexity index is 716. The molecular formula is C18H22N4O2. The molecule has 0 aliphatic heterocycles. The topological polar surface area (TPSA) is 83.1 Å². The van der Waals surface area contributed by atoms with Gasteiger partial charge < -0.3 is 16.0 Å². The van der Waals surface area contributed by atoms with Gasteiger partial charge in [0, 0.05) is 6.20 Å². The Morgan fingerprint density at radius 2 is 2.00 bits per heavy atom. The van der Waals surface area contributed by atoms with Crippen LogP contribution < -0.4 is 16.0 Å². The molecule has 6 nitrogen and oxygen atoms in total. The Balaban J connectivity index is 1.82. The van der Waals surface area contributed by atoms with E-state index in [1.54, 1.807) is 24.5 Å². The number of anilines is 1. The maximum atomic E-state index is 12.0. The van der Waals surface area contributed by atoms with Crippen molar-refractivity contribution in [3.8, 4) is 0 Å². The minimum atomic E-state index is -0.384. The molecule has 0 unspecified atom stereocenters. The van der Waals surface area contributed by atoms with Crippen LogP contribution in [0.15, 0.2) is 42.7 Å². The van der Waals surface area contributed by atoms with Crippen LogP contribution in [0.2, 0.25) is 0 Å². The lowest BCUT2D eigenvalue weighted by Gasteiger charge is -2.17. The van der Waals surface area contributed by atoms with Gasteiger partial charge in [-0.15, -0.1) is 0 Å². The van der Waals surface area contributed by atoms with E-state index in [9.17, 15) is 9.59 Å². The zero-order chi connectivity index (χ0) is 17.5. The van der Waals surface area contributed by atoms with Gasteiger partial charge in [0.25, 0.3) is 0 Å². The summed E-state index contributed by atoms with van der Waals surface area (Å²) in [4.78, 5) is 27.7. The molecule has 24 heavy (non-hydrogen) atoms. The highest BCUT2D eigenvalue weighted by atomic mass is 16.2. The molecule has 1 aromatic heterocycles. The molecule has 0 aliphatic rings. The van der Waals surface area contributed by atoms with Gasteiger partial charge in [-0.2, -0.15) is 0 Å². The fourth-order valence-electron chi connectivity index (χ4n) is 2.35. The first kappa shape index (κ1) is 17.5. The fourth-order valence-corrected chi connectivity index (χ4v) is 2.35. The molecular weight excluding hydrogens is 304 g/mol. The number of benzene rings is 1. The smallest absolute Gasteiger partial charge is 0.315 e. The van der Waals surface area contributed by atoms with Crippen molar-refractivity contribution < 1.29 is 9.59 Å². The number of carbonyl (C=O) groups is 2. The average Bonchev–Trinajstić information content (AvgIpc) is 2.56. The largest absolute Gasteiger partial charge is 0.332 e. The van der Waals surface area contributed by atoms with E-state index in [0.29, 0.717) is 5.69 Å². The molecule has 1 aromatic carbocycles. The molecule has 0 saturated heterocycles. The second-order valence-electron chi connectivity index (χ2n) is 5.70. The Morgan fingerprint density at radius 3 is 2.71 bits per heavy atom.